The molecule has 0 bridgehead atoms. The van der Waals surface area contributed by atoms with Crippen molar-refractivity contribution in [2.75, 3.05) is 17.7 Å². The summed E-state index contributed by atoms with van der Waals surface area (Å²) in [4.78, 5) is 12.3. The van der Waals surface area contributed by atoms with Gasteiger partial charge >= 0.3 is 0 Å². The SMILES string of the molecule is CCOc1c(N)cccc1C(=O)Nc1cccc(I)c1. The van der Waals surface area contributed by atoms with Crippen molar-refractivity contribution in [1.82, 2.24) is 0 Å². The lowest BCUT2D eigenvalue weighted by atomic mass is 10.1. The molecular formula is C15H15IN2O2. The van der Waals surface area contributed by atoms with E-state index in [0.29, 0.717) is 23.6 Å². The molecule has 0 aliphatic carbocycles. The molecule has 0 heterocycles. The number of carbonyl (C=O) groups excluding carboxylic acids is 1. The van der Waals surface area contributed by atoms with Crippen LogP contribution in [-0.4, -0.2) is 12.5 Å². The fourth-order valence-electron chi connectivity index (χ4n) is 1.80. The predicted octanol–water partition coefficient (Wildman–Crippen LogP) is 3.52. The second kappa shape index (κ2) is 6.60. The molecule has 0 aliphatic heterocycles. The van der Waals surface area contributed by atoms with E-state index in [1.807, 2.05) is 31.2 Å². The Bertz CT molecular complexity index is 629. The second-order valence-electron chi connectivity index (χ2n) is 4.12. The summed E-state index contributed by atoms with van der Waals surface area (Å²) in [6.07, 6.45) is 0. The van der Waals surface area contributed by atoms with E-state index in [1.54, 1.807) is 18.2 Å². The number of nitrogens with two attached hydrogens (primary N) is 1. The Morgan fingerprint density at radius 3 is 2.75 bits per heavy atom. The molecule has 0 saturated heterocycles. The highest BCUT2D eigenvalue weighted by Gasteiger charge is 2.15. The van der Waals surface area contributed by atoms with Crippen LogP contribution in [0.2, 0.25) is 0 Å². The lowest BCUT2D eigenvalue weighted by molar-refractivity contribution is 0.102. The Morgan fingerprint density at radius 2 is 2.05 bits per heavy atom. The number of benzene rings is 2. The molecule has 2 aromatic rings. The van der Waals surface area contributed by atoms with Gasteiger partial charge in [-0.2, -0.15) is 0 Å². The first-order valence-corrected chi connectivity index (χ1v) is 7.28. The first kappa shape index (κ1) is 14.6. The number of amides is 1. The zero-order chi connectivity index (χ0) is 14.5. The zero-order valence-corrected chi connectivity index (χ0v) is 13.2. The smallest absolute Gasteiger partial charge is 0.259 e. The average Bonchev–Trinajstić information content (AvgIpc) is 2.41. The molecule has 4 nitrogen and oxygen atoms in total. The fraction of sp³-hybridized carbons (Fsp3) is 0.133. The summed E-state index contributed by atoms with van der Waals surface area (Å²) in [5.74, 6) is 0.195. The highest BCUT2D eigenvalue weighted by Crippen LogP contribution is 2.27. The predicted molar refractivity (Wildman–Crippen MR) is 89.1 cm³/mol. The highest BCUT2D eigenvalue weighted by atomic mass is 127. The van der Waals surface area contributed by atoms with E-state index in [-0.39, 0.29) is 5.91 Å². The molecule has 104 valence electrons. The molecule has 2 rings (SSSR count). The van der Waals surface area contributed by atoms with Gasteiger partial charge in [0.1, 0.15) is 0 Å². The lowest BCUT2D eigenvalue weighted by Gasteiger charge is -2.12. The molecule has 0 spiro atoms. The van der Waals surface area contributed by atoms with E-state index < -0.39 is 0 Å². The summed E-state index contributed by atoms with van der Waals surface area (Å²) in [5.41, 5.74) is 7.50. The van der Waals surface area contributed by atoms with E-state index in [1.165, 1.54) is 0 Å². The van der Waals surface area contributed by atoms with Gasteiger partial charge in [0, 0.05) is 9.26 Å². The normalized spacial score (nSPS) is 10.1. The van der Waals surface area contributed by atoms with Crippen LogP contribution in [0.5, 0.6) is 5.75 Å². The Morgan fingerprint density at radius 1 is 1.30 bits per heavy atom. The van der Waals surface area contributed by atoms with Crippen molar-refractivity contribution in [1.29, 1.82) is 0 Å². The molecule has 0 aromatic heterocycles. The van der Waals surface area contributed by atoms with E-state index in [9.17, 15) is 4.79 Å². The maximum absolute atomic E-state index is 12.3. The summed E-state index contributed by atoms with van der Waals surface area (Å²) in [6, 6.07) is 12.7. The van der Waals surface area contributed by atoms with E-state index >= 15 is 0 Å². The zero-order valence-electron chi connectivity index (χ0n) is 11.0. The standard InChI is InChI=1S/C15H15IN2O2/c1-2-20-14-12(7-4-8-13(14)17)15(19)18-11-6-3-5-10(16)9-11/h3-9H,2,17H2,1H3,(H,18,19). The third-order valence-electron chi connectivity index (χ3n) is 2.66. The van der Waals surface area contributed by atoms with Gasteiger partial charge in [-0.05, 0) is 59.8 Å². The molecule has 1 amide bonds. The van der Waals surface area contributed by atoms with Crippen LogP contribution in [0, 0.1) is 3.57 Å². The second-order valence-corrected chi connectivity index (χ2v) is 5.37. The fourth-order valence-corrected chi connectivity index (χ4v) is 2.35. The Labute approximate surface area is 131 Å². The van der Waals surface area contributed by atoms with Crippen LogP contribution >= 0.6 is 22.6 Å². The largest absolute Gasteiger partial charge is 0.491 e. The number of carbonyl (C=O) groups is 1. The minimum absolute atomic E-state index is 0.234. The van der Waals surface area contributed by atoms with E-state index in [0.717, 1.165) is 9.26 Å². The van der Waals surface area contributed by atoms with Gasteiger partial charge in [-0.15, -0.1) is 0 Å². The number of ether oxygens (including phenoxy) is 1. The minimum atomic E-state index is -0.234. The third kappa shape index (κ3) is 3.41. The Kier molecular flexibility index (Phi) is 4.84. The van der Waals surface area contributed by atoms with Gasteiger partial charge in [-0.25, -0.2) is 0 Å². The third-order valence-corrected chi connectivity index (χ3v) is 3.33. The van der Waals surface area contributed by atoms with Crippen molar-refractivity contribution in [3.05, 3.63) is 51.6 Å². The number of anilines is 2. The summed E-state index contributed by atoms with van der Waals surface area (Å²) in [5, 5.41) is 2.85. The summed E-state index contributed by atoms with van der Waals surface area (Å²) in [7, 11) is 0. The van der Waals surface area contributed by atoms with Gasteiger partial charge in [0.2, 0.25) is 0 Å². The number of para-hydroxylation sites is 1. The molecule has 0 aliphatic rings. The molecule has 2 aromatic carbocycles. The van der Waals surface area contributed by atoms with Crippen molar-refractivity contribution in [3.63, 3.8) is 0 Å². The van der Waals surface area contributed by atoms with Gasteiger partial charge in [0.25, 0.3) is 5.91 Å². The molecule has 20 heavy (non-hydrogen) atoms. The topological polar surface area (TPSA) is 64.3 Å². The molecule has 5 heteroatoms. The van der Waals surface area contributed by atoms with Crippen molar-refractivity contribution in [2.24, 2.45) is 0 Å². The highest BCUT2D eigenvalue weighted by molar-refractivity contribution is 14.1. The molecule has 0 atom stereocenters. The van der Waals surface area contributed by atoms with Gasteiger partial charge in [0.05, 0.1) is 17.9 Å². The van der Waals surface area contributed by atoms with Crippen molar-refractivity contribution in [2.45, 2.75) is 6.92 Å². The number of rotatable bonds is 4. The number of halogens is 1. The van der Waals surface area contributed by atoms with Crippen molar-refractivity contribution < 1.29 is 9.53 Å². The summed E-state index contributed by atoms with van der Waals surface area (Å²) < 4.78 is 6.52. The van der Waals surface area contributed by atoms with Crippen molar-refractivity contribution >= 4 is 39.9 Å². The molecule has 0 unspecified atom stereocenters. The number of hydrogen-bond donors (Lipinski definition) is 2. The molecule has 0 radical (unpaired) electrons. The van der Waals surface area contributed by atoms with E-state index in [4.69, 9.17) is 10.5 Å². The number of nitrogen functional groups attached to an aromatic ring is 1. The van der Waals surface area contributed by atoms with Crippen LogP contribution in [0.25, 0.3) is 0 Å². The monoisotopic (exact) mass is 382 g/mol. The number of hydrogen-bond acceptors (Lipinski definition) is 3. The summed E-state index contributed by atoms with van der Waals surface area (Å²) in [6.45, 7) is 2.31. The molecule has 3 N–H and O–H groups in total. The molecule has 0 fully saturated rings. The summed E-state index contributed by atoms with van der Waals surface area (Å²) >= 11 is 2.20. The van der Waals surface area contributed by atoms with Gasteiger partial charge < -0.3 is 15.8 Å². The van der Waals surface area contributed by atoms with Crippen LogP contribution < -0.4 is 15.8 Å². The van der Waals surface area contributed by atoms with Gasteiger partial charge in [-0.1, -0.05) is 12.1 Å². The van der Waals surface area contributed by atoms with Crippen molar-refractivity contribution in [3.8, 4) is 5.75 Å². The van der Waals surface area contributed by atoms with Crippen LogP contribution in [0.4, 0.5) is 11.4 Å². The number of nitrogens with one attached hydrogen (secondary N) is 1. The maximum Gasteiger partial charge on any atom is 0.259 e. The van der Waals surface area contributed by atoms with Crippen LogP contribution in [0.3, 0.4) is 0 Å². The van der Waals surface area contributed by atoms with Gasteiger partial charge in [-0.3, -0.25) is 4.79 Å². The lowest BCUT2D eigenvalue weighted by Crippen LogP contribution is -2.14. The van der Waals surface area contributed by atoms with Crippen LogP contribution in [-0.2, 0) is 0 Å². The first-order chi connectivity index (χ1) is 9.61. The quantitative estimate of drug-likeness (QED) is 0.628. The molecular weight excluding hydrogens is 367 g/mol. The van der Waals surface area contributed by atoms with Gasteiger partial charge in [0.15, 0.2) is 5.75 Å². The molecule has 0 saturated carbocycles. The Hall–Kier alpha value is -1.76. The first-order valence-electron chi connectivity index (χ1n) is 6.20. The van der Waals surface area contributed by atoms with E-state index in [2.05, 4.69) is 27.9 Å². The Balaban J connectivity index is 2.27. The van der Waals surface area contributed by atoms with Crippen LogP contribution in [0.1, 0.15) is 17.3 Å². The van der Waals surface area contributed by atoms with Crippen LogP contribution in [0.15, 0.2) is 42.5 Å². The minimum Gasteiger partial charge on any atom is -0.491 e. The maximum atomic E-state index is 12.3. The average molecular weight is 382 g/mol.